The lowest BCUT2D eigenvalue weighted by molar-refractivity contribution is -0.00158. The van der Waals surface area contributed by atoms with E-state index >= 15 is 0 Å². The topological polar surface area (TPSA) is 91.3 Å². The Morgan fingerprint density at radius 2 is 1.97 bits per heavy atom. The molecule has 0 bridgehead atoms. The molecule has 1 amide bonds. The molecule has 2 aromatic rings. The number of ether oxygens (including phenoxy) is 1. The van der Waals surface area contributed by atoms with Gasteiger partial charge in [-0.15, -0.1) is 0 Å². The molecule has 1 N–H and O–H groups in total. The summed E-state index contributed by atoms with van der Waals surface area (Å²) in [5.74, 6) is 0.115. The third-order valence-corrected chi connectivity index (χ3v) is 6.36. The van der Waals surface area contributed by atoms with Crippen LogP contribution in [-0.4, -0.2) is 26.5 Å². The number of rotatable bonds is 4. The normalized spacial score (nSPS) is 22.4. The lowest BCUT2D eigenvalue weighted by atomic mass is 9.96. The third-order valence-electron chi connectivity index (χ3n) is 6.36. The number of hydrogen-bond acceptors (Lipinski definition) is 5. The van der Waals surface area contributed by atoms with Crippen LogP contribution in [0.4, 0.5) is 5.69 Å². The number of aromatic nitrogens is 3. The van der Waals surface area contributed by atoms with Crippen molar-refractivity contribution in [2.45, 2.75) is 77.5 Å². The van der Waals surface area contributed by atoms with Crippen molar-refractivity contribution in [3.63, 3.8) is 0 Å². The van der Waals surface area contributed by atoms with Gasteiger partial charge in [0, 0.05) is 12.6 Å². The fraction of sp³-hybridized carbons (Fsp3) is 0.591. The van der Waals surface area contributed by atoms with Crippen molar-refractivity contribution < 1.29 is 14.1 Å². The number of carbonyl (C=O) groups is 1. The highest BCUT2D eigenvalue weighted by atomic mass is 16.5. The van der Waals surface area contributed by atoms with E-state index in [0.717, 1.165) is 31.4 Å². The summed E-state index contributed by atoms with van der Waals surface area (Å²) >= 11 is 0. The van der Waals surface area contributed by atoms with E-state index in [1.807, 2.05) is 37.7 Å². The minimum absolute atomic E-state index is 0.0178. The van der Waals surface area contributed by atoms with Gasteiger partial charge in [0.25, 0.3) is 11.5 Å². The van der Waals surface area contributed by atoms with E-state index in [0.29, 0.717) is 23.4 Å². The highest BCUT2D eigenvalue weighted by Crippen LogP contribution is 2.31. The predicted octanol–water partition coefficient (Wildman–Crippen LogP) is 3.96. The van der Waals surface area contributed by atoms with Crippen LogP contribution in [0.5, 0.6) is 0 Å². The standard InChI is InChI=1S/C22H30N4O4/c1-13-9-8-12-17(29-13)20-14(2)18(24-30-20)21(27)23-19-15(3)25(4)26(22(19)28)16-10-6-5-7-11-16/h8-9,13,16-17H,5-7,10-12H2,1-4H3,(H,23,27)/t13-,17-/m0/s1. The number of anilines is 1. The second-order valence-corrected chi connectivity index (χ2v) is 8.39. The average Bonchev–Trinajstić information content (AvgIpc) is 3.22. The minimum atomic E-state index is -0.441. The molecule has 1 aliphatic heterocycles. The van der Waals surface area contributed by atoms with E-state index < -0.39 is 5.91 Å². The molecule has 8 nitrogen and oxygen atoms in total. The van der Waals surface area contributed by atoms with E-state index in [9.17, 15) is 9.59 Å². The first-order valence-corrected chi connectivity index (χ1v) is 10.8. The second-order valence-electron chi connectivity index (χ2n) is 8.39. The van der Waals surface area contributed by atoms with Gasteiger partial charge < -0.3 is 14.6 Å². The lowest BCUT2D eigenvalue weighted by Gasteiger charge is -2.24. The van der Waals surface area contributed by atoms with E-state index in [1.54, 1.807) is 11.6 Å². The SMILES string of the molecule is Cc1c(C(=O)Nc2c(C)n(C)n(C3CCCCC3)c2=O)noc1[C@@H]1CC=C[C@H](C)O1. The summed E-state index contributed by atoms with van der Waals surface area (Å²) in [7, 11) is 1.87. The minimum Gasteiger partial charge on any atom is -0.363 e. The molecule has 2 aromatic heterocycles. The number of nitrogens with one attached hydrogen (secondary N) is 1. The molecule has 0 unspecified atom stereocenters. The molecule has 4 rings (SSSR count). The van der Waals surface area contributed by atoms with Crippen LogP contribution in [0.15, 0.2) is 21.5 Å². The van der Waals surface area contributed by atoms with Gasteiger partial charge in [-0.3, -0.25) is 14.3 Å². The molecule has 2 aliphatic rings. The smallest absolute Gasteiger partial charge is 0.291 e. The van der Waals surface area contributed by atoms with Gasteiger partial charge in [-0.05, 0) is 40.0 Å². The molecule has 2 atom stereocenters. The van der Waals surface area contributed by atoms with Crippen LogP contribution < -0.4 is 10.9 Å². The number of carbonyl (C=O) groups excluding carboxylic acids is 1. The summed E-state index contributed by atoms with van der Waals surface area (Å²) in [5, 5.41) is 6.77. The molecular weight excluding hydrogens is 384 g/mol. The Balaban J connectivity index is 1.58. The maximum Gasteiger partial charge on any atom is 0.291 e. The molecule has 162 valence electrons. The van der Waals surface area contributed by atoms with E-state index in [1.165, 1.54) is 6.42 Å². The van der Waals surface area contributed by atoms with Crippen LogP contribution in [0, 0.1) is 13.8 Å². The maximum atomic E-state index is 13.1. The van der Waals surface area contributed by atoms with Crippen molar-refractivity contribution in [1.29, 1.82) is 0 Å². The summed E-state index contributed by atoms with van der Waals surface area (Å²) in [4.78, 5) is 26.1. The van der Waals surface area contributed by atoms with Crippen molar-refractivity contribution in [2.24, 2.45) is 7.05 Å². The molecule has 1 fully saturated rings. The Labute approximate surface area is 175 Å². The summed E-state index contributed by atoms with van der Waals surface area (Å²) in [6, 6.07) is 0.180. The maximum absolute atomic E-state index is 13.1. The zero-order valence-electron chi connectivity index (χ0n) is 18.1. The van der Waals surface area contributed by atoms with E-state index in [2.05, 4.69) is 10.5 Å². The summed E-state index contributed by atoms with van der Waals surface area (Å²) < 4.78 is 15.0. The second kappa shape index (κ2) is 8.26. The van der Waals surface area contributed by atoms with Crippen LogP contribution >= 0.6 is 0 Å². The molecule has 1 aliphatic carbocycles. The molecular formula is C22H30N4O4. The molecule has 0 spiro atoms. The zero-order valence-corrected chi connectivity index (χ0v) is 18.1. The number of nitrogens with zero attached hydrogens (tertiary/aromatic N) is 3. The molecule has 0 radical (unpaired) electrons. The first-order chi connectivity index (χ1) is 14.4. The first-order valence-electron chi connectivity index (χ1n) is 10.8. The van der Waals surface area contributed by atoms with Crippen molar-refractivity contribution in [3.8, 4) is 0 Å². The van der Waals surface area contributed by atoms with Crippen molar-refractivity contribution >= 4 is 11.6 Å². The fourth-order valence-electron chi connectivity index (χ4n) is 4.57. The Morgan fingerprint density at radius 1 is 1.23 bits per heavy atom. The number of amides is 1. The summed E-state index contributed by atoms with van der Waals surface area (Å²) in [6.45, 7) is 5.60. The van der Waals surface area contributed by atoms with E-state index in [-0.39, 0.29) is 29.5 Å². The summed E-state index contributed by atoms with van der Waals surface area (Å²) in [6.07, 6.45) is 9.87. The Hall–Kier alpha value is -2.61. The van der Waals surface area contributed by atoms with Gasteiger partial charge in [0.05, 0.1) is 17.8 Å². The van der Waals surface area contributed by atoms with Crippen LogP contribution in [0.1, 0.15) is 85.1 Å². The van der Waals surface area contributed by atoms with Gasteiger partial charge in [-0.2, -0.15) is 0 Å². The highest BCUT2D eigenvalue weighted by Gasteiger charge is 2.29. The zero-order chi connectivity index (χ0) is 21.4. The first kappa shape index (κ1) is 20.7. The van der Waals surface area contributed by atoms with Gasteiger partial charge in [-0.1, -0.05) is 36.6 Å². The molecule has 30 heavy (non-hydrogen) atoms. The van der Waals surface area contributed by atoms with Crippen molar-refractivity contribution in [1.82, 2.24) is 14.5 Å². The molecule has 8 heteroatoms. The lowest BCUT2D eigenvalue weighted by Crippen LogP contribution is -2.29. The van der Waals surface area contributed by atoms with Crippen LogP contribution in [0.25, 0.3) is 0 Å². The number of hydrogen-bond donors (Lipinski definition) is 1. The molecule has 3 heterocycles. The van der Waals surface area contributed by atoms with Gasteiger partial charge in [-0.25, -0.2) is 4.68 Å². The van der Waals surface area contributed by atoms with Crippen LogP contribution in [-0.2, 0) is 11.8 Å². The van der Waals surface area contributed by atoms with Gasteiger partial charge in [0.15, 0.2) is 11.5 Å². The fourth-order valence-corrected chi connectivity index (χ4v) is 4.57. The quantitative estimate of drug-likeness (QED) is 0.765. The van der Waals surface area contributed by atoms with Gasteiger partial charge in [0.1, 0.15) is 11.8 Å². The summed E-state index contributed by atoms with van der Waals surface area (Å²) in [5.41, 5.74) is 1.70. The van der Waals surface area contributed by atoms with Gasteiger partial charge in [0.2, 0.25) is 0 Å². The Kier molecular flexibility index (Phi) is 5.69. The van der Waals surface area contributed by atoms with E-state index in [4.69, 9.17) is 9.26 Å². The largest absolute Gasteiger partial charge is 0.363 e. The molecule has 0 aromatic carbocycles. The average molecular weight is 415 g/mol. The highest BCUT2D eigenvalue weighted by molar-refractivity contribution is 6.04. The Morgan fingerprint density at radius 3 is 2.67 bits per heavy atom. The third kappa shape index (κ3) is 3.64. The van der Waals surface area contributed by atoms with Crippen molar-refractivity contribution in [2.75, 3.05) is 5.32 Å². The van der Waals surface area contributed by atoms with Crippen LogP contribution in [0.3, 0.4) is 0 Å². The van der Waals surface area contributed by atoms with Gasteiger partial charge >= 0.3 is 0 Å². The monoisotopic (exact) mass is 414 g/mol. The molecule has 0 saturated heterocycles. The molecule has 1 saturated carbocycles. The predicted molar refractivity (Wildman–Crippen MR) is 113 cm³/mol. The Bertz CT molecular complexity index is 1020. The van der Waals surface area contributed by atoms with Crippen molar-refractivity contribution in [3.05, 3.63) is 45.2 Å². The van der Waals surface area contributed by atoms with Crippen LogP contribution in [0.2, 0.25) is 0 Å².